The van der Waals surface area contributed by atoms with Gasteiger partial charge in [-0.3, -0.25) is 0 Å². The Kier molecular flexibility index (Phi) is 18.7. The monoisotopic (exact) mass is 883 g/mol. The first kappa shape index (κ1) is 49.7. The summed E-state index contributed by atoms with van der Waals surface area (Å²) in [5, 5.41) is 15.0. The third kappa shape index (κ3) is 13.1. The molecule has 5 rings (SSSR count). The minimum atomic E-state index is -4.39. The SMILES string of the molecule is CCCCNc1cc(C)ccc1C(=CC=CC(OS(=O)(=O)c1ccc(C)cc1)(c1ccc(C)cc1NCCCC)c1ccc(C)cc1NCCCC)c1ccc(C)cc1NCCCC. The van der Waals surface area contributed by atoms with Crippen LogP contribution in [0.4, 0.5) is 22.7 Å². The molecular formula is C56H74N4O3S. The molecule has 0 bridgehead atoms. The third-order valence-electron chi connectivity index (χ3n) is 11.6. The summed E-state index contributed by atoms with van der Waals surface area (Å²) in [4.78, 5) is 0.0946. The Morgan fingerprint density at radius 3 is 1.27 bits per heavy atom. The molecule has 0 amide bonds. The summed E-state index contributed by atoms with van der Waals surface area (Å²) in [5.41, 5.74) is 12.0. The summed E-state index contributed by atoms with van der Waals surface area (Å²) in [6.45, 7) is 22.2. The van der Waals surface area contributed by atoms with Gasteiger partial charge < -0.3 is 21.3 Å². The van der Waals surface area contributed by atoms with Crippen LogP contribution in [0.3, 0.4) is 0 Å². The number of rotatable bonds is 25. The second-order valence-corrected chi connectivity index (χ2v) is 18.9. The van der Waals surface area contributed by atoms with Crippen molar-refractivity contribution < 1.29 is 12.6 Å². The maximum Gasteiger partial charge on any atom is 0.298 e. The first-order valence-electron chi connectivity index (χ1n) is 23.7. The molecule has 0 aliphatic rings. The van der Waals surface area contributed by atoms with Gasteiger partial charge in [0, 0.05) is 71.2 Å². The number of benzene rings is 5. The van der Waals surface area contributed by atoms with Gasteiger partial charge in [0.25, 0.3) is 10.1 Å². The summed E-state index contributed by atoms with van der Waals surface area (Å²) in [6.07, 6.45) is 14.3. The fourth-order valence-corrected chi connectivity index (χ4v) is 9.05. The molecule has 0 aliphatic heterocycles. The van der Waals surface area contributed by atoms with Gasteiger partial charge in [-0.05, 0) is 131 Å². The van der Waals surface area contributed by atoms with Gasteiger partial charge in [-0.1, -0.05) is 132 Å². The Bertz CT molecular complexity index is 2330. The van der Waals surface area contributed by atoms with Crippen molar-refractivity contribution in [2.75, 3.05) is 47.4 Å². The normalized spacial score (nSPS) is 11.8. The molecule has 0 atom stereocenters. The number of anilines is 4. The van der Waals surface area contributed by atoms with Gasteiger partial charge in [0.1, 0.15) is 0 Å². The molecule has 5 aromatic rings. The fourth-order valence-electron chi connectivity index (χ4n) is 7.91. The van der Waals surface area contributed by atoms with E-state index in [-0.39, 0.29) is 4.90 Å². The van der Waals surface area contributed by atoms with Gasteiger partial charge in [0.05, 0.1) is 4.90 Å². The zero-order valence-electron chi connectivity index (χ0n) is 40.1. The quantitative estimate of drug-likeness (QED) is 0.0264. The zero-order chi connectivity index (χ0) is 46.1. The van der Waals surface area contributed by atoms with Crippen LogP contribution in [0, 0.1) is 34.6 Å². The standard InChI is InChI=1S/C56H74N4O3S/c1-10-14-33-57-52-37-42(6)22-28-48(52)47(49-29-23-43(7)38-53(49)58-34-15-11-2)19-18-32-56(63-64(61,62)46-26-20-41(5)21-27-46,50-30-24-44(8)39-54(50)59-35-16-12-3)51-31-25-45(9)40-55(51)60-36-17-13-4/h18-32,37-40,57-60H,10-17,33-36H2,1-9H3. The molecule has 0 fully saturated rings. The Balaban J connectivity index is 1.91. The predicted molar refractivity (Wildman–Crippen MR) is 275 cm³/mol. The van der Waals surface area contributed by atoms with Crippen LogP contribution in [0.15, 0.2) is 120 Å². The number of nitrogens with one attached hydrogen (secondary N) is 4. The largest absolute Gasteiger partial charge is 0.385 e. The Labute approximate surface area is 386 Å². The highest BCUT2D eigenvalue weighted by Crippen LogP contribution is 2.46. The van der Waals surface area contributed by atoms with Crippen molar-refractivity contribution >= 4 is 38.4 Å². The Morgan fingerprint density at radius 1 is 0.500 bits per heavy atom. The number of hydrogen-bond acceptors (Lipinski definition) is 7. The van der Waals surface area contributed by atoms with Crippen LogP contribution in [0.25, 0.3) is 5.57 Å². The molecule has 0 unspecified atom stereocenters. The van der Waals surface area contributed by atoms with Crippen molar-refractivity contribution in [3.05, 3.63) is 165 Å². The highest BCUT2D eigenvalue weighted by Gasteiger charge is 2.42. The maximum absolute atomic E-state index is 15.0. The molecule has 0 aliphatic carbocycles. The molecule has 5 aromatic carbocycles. The summed E-state index contributed by atoms with van der Waals surface area (Å²) >= 11 is 0. The Morgan fingerprint density at radius 2 is 0.859 bits per heavy atom. The average Bonchev–Trinajstić information content (AvgIpc) is 3.26. The van der Waals surface area contributed by atoms with E-state index in [0.29, 0.717) is 11.1 Å². The van der Waals surface area contributed by atoms with E-state index in [0.717, 1.165) is 134 Å². The topological polar surface area (TPSA) is 91.5 Å². The summed E-state index contributed by atoms with van der Waals surface area (Å²) in [6, 6.07) is 32.5. The molecule has 0 spiro atoms. The first-order valence-corrected chi connectivity index (χ1v) is 25.1. The van der Waals surface area contributed by atoms with E-state index in [1.54, 1.807) is 12.1 Å². The van der Waals surface area contributed by atoms with Gasteiger partial charge in [0.15, 0.2) is 5.60 Å². The van der Waals surface area contributed by atoms with Crippen LogP contribution in [0.5, 0.6) is 0 Å². The van der Waals surface area contributed by atoms with E-state index in [1.165, 1.54) is 11.1 Å². The van der Waals surface area contributed by atoms with E-state index in [4.69, 9.17) is 4.18 Å². The average molecular weight is 883 g/mol. The van der Waals surface area contributed by atoms with Crippen LogP contribution in [-0.4, -0.2) is 34.6 Å². The lowest BCUT2D eigenvalue weighted by Gasteiger charge is -2.35. The van der Waals surface area contributed by atoms with E-state index >= 15 is 0 Å². The molecule has 0 radical (unpaired) electrons. The number of unbranched alkanes of at least 4 members (excludes halogenated alkanes) is 4. The number of aryl methyl sites for hydroxylation is 5. The van der Waals surface area contributed by atoms with E-state index in [2.05, 4.69) is 131 Å². The molecule has 8 heteroatoms. The highest BCUT2D eigenvalue weighted by atomic mass is 32.2. The van der Waals surface area contributed by atoms with Crippen LogP contribution >= 0.6 is 0 Å². The lowest BCUT2D eigenvalue weighted by atomic mass is 9.82. The molecule has 64 heavy (non-hydrogen) atoms. The molecule has 0 aromatic heterocycles. The van der Waals surface area contributed by atoms with Crippen LogP contribution in [0.2, 0.25) is 0 Å². The van der Waals surface area contributed by atoms with E-state index < -0.39 is 15.7 Å². The molecule has 0 saturated carbocycles. The molecular weight excluding hydrogens is 809 g/mol. The maximum atomic E-state index is 15.0. The summed E-state index contributed by atoms with van der Waals surface area (Å²) < 4.78 is 36.9. The third-order valence-corrected chi connectivity index (χ3v) is 12.9. The van der Waals surface area contributed by atoms with Gasteiger partial charge in [0.2, 0.25) is 0 Å². The summed E-state index contributed by atoms with van der Waals surface area (Å²) in [5.74, 6) is 0. The van der Waals surface area contributed by atoms with Gasteiger partial charge >= 0.3 is 0 Å². The smallest absolute Gasteiger partial charge is 0.298 e. The zero-order valence-corrected chi connectivity index (χ0v) is 40.9. The second-order valence-electron chi connectivity index (χ2n) is 17.3. The van der Waals surface area contributed by atoms with Gasteiger partial charge in [-0.2, -0.15) is 8.42 Å². The van der Waals surface area contributed by atoms with Crippen molar-refractivity contribution in [3.63, 3.8) is 0 Å². The van der Waals surface area contributed by atoms with Crippen molar-refractivity contribution in [1.82, 2.24) is 0 Å². The molecule has 0 heterocycles. The predicted octanol–water partition coefficient (Wildman–Crippen LogP) is 14.4. The fraction of sp³-hybridized carbons (Fsp3) is 0.393. The second kappa shape index (κ2) is 24.1. The van der Waals surface area contributed by atoms with Crippen molar-refractivity contribution in [1.29, 1.82) is 0 Å². The van der Waals surface area contributed by atoms with Crippen LogP contribution in [0.1, 0.15) is 129 Å². The summed E-state index contributed by atoms with van der Waals surface area (Å²) in [7, 11) is -4.39. The van der Waals surface area contributed by atoms with Crippen molar-refractivity contribution in [3.8, 4) is 0 Å². The molecule has 4 N–H and O–H groups in total. The van der Waals surface area contributed by atoms with E-state index in [9.17, 15) is 8.42 Å². The molecule has 7 nitrogen and oxygen atoms in total. The molecule has 342 valence electrons. The van der Waals surface area contributed by atoms with Gasteiger partial charge in [-0.15, -0.1) is 0 Å². The lowest BCUT2D eigenvalue weighted by molar-refractivity contribution is 0.174. The Hall–Kier alpha value is -5.31. The number of allylic oxidation sites excluding steroid dienone is 2. The lowest BCUT2D eigenvalue weighted by Crippen LogP contribution is -2.34. The minimum absolute atomic E-state index is 0.0946. The van der Waals surface area contributed by atoms with Crippen molar-refractivity contribution in [2.24, 2.45) is 0 Å². The first-order chi connectivity index (χ1) is 30.8. The minimum Gasteiger partial charge on any atom is -0.385 e. The van der Waals surface area contributed by atoms with E-state index in [1.807, 2.05) is 55.5 Å². The van der Waals surface area contributed by atoms with Crippen LogP contribution < -0.4 is 21.3 Å². The molecule has 0 saturated heterocycles. The van der Waals surface area contributed by atoms with Gasteiger partial charge in [-0.25, -0.2) is 4.18 Å². The van der Waals surface area contributed by atoms with Crippen molar-refractivity contribution in [2.45, 2.75) is 124 Å². The highest BCUT2D eigenvalue weighted by molar-refractivity contribution is 7.86. The number of hydrogen-bond donors (Lipinski definition) is 4. The van der Waals surface area contributed by atoms with Crippen LogP contribution in [-0.2, 0) is 19.9 Å².